The van der Waals surface area contributed by atoms with E-state index in [1.807, 2.05) is 13.0 Å². The number of primary amides is 1. The van der Waals surface area contributed by atoms with Crippen molar-refractivity contribution in [2.75, 3.05) is 24.6 Å². The summed E-state index contributed by atoms with van der Waals surface area (Å²) in [7, 11) is 0. The van der Waals surface area contributed by atoms with Crippen molar-refractivity contribution in [2.45, 2.75) is 19.1 Å². The fraction of sp³-hybridized carbons (Fsp3) is 0.462. The number of rotatable bonds is 3. The molecule has 1 aromatic rings. The zero-order valence-corrected chi connectivity index (χ0v) is 11.6. The van der Waals surface area contributed by atoms with Gasteiger partial charge in [0.1, 0.15) is 0 Å². The number of hydrogen-bond donors (Lipinski definition) is 2. The first-order chi connectivity index (χ1) is 8.99. The number of carbonyl (C=O) groups is 1. The van der Waals surface area contributed by atoms with E-state index in [4.69, 9.17) is 27.8 Å². The number of anilines is 1. The fourth-order valence-electron chi connectivity index (χ4n) is 2.19. The van der Waals surface area contributed by atoms with E-state index < -0.39 is 5.91 Å². The van der Waals surface area contributed by atoms with Gasteiger partial charge in [0.05, 0.1) is 18.3 Å². The molecule has 4 N–H and O–H groups in total. The first kappa shape index (κ1) is 14.1. The highest BCUT2D eigenvalue weighted by atomic mass is 35.5. The molecule has 1 aromatic carbocycles. The van der Waals surface area contributed by atoms with Gasteiger partial charge < -0.3 is 21.1 Å². The summed E-state index contributed by atoms with van der Waals surface area (Å²) < 4.78 is 5.61. The summed E-state index contributed by atoms with van der Waals surface area (Å²) in [5.41, 5.74) is 12.5. The van der Waals surface area contributed by atoms with Crippen LogP contribution in [0.4, 0.5) is 5.69 Å². The van der Waals surface area contributed by atoms with Crippen molar-refractivity contribution in [1.29, 1.82) is 0 Å². The summed E-state index contributed by atoms with van der Waals surface area (Å²) in [4.78, 5) is 13.6. The van der Waals surface area contributed by atoms with Gasteiger partial charge >= 0.3 is 0 Å². The fourth-order valence-corrected chi connectivity index (χ4v) is 2.37. The molecular weight excluding hydrogens is 266 g/mol. The molecule has 1 aliphatic rings. The number of hydrogen-bond acceptors (Lipinski definition) is 4. The largest absolute Gasteiger partial charge is 0.373 e. The second kappa shape index (κ2) is 5.77. The van der Waals surface area contributed by atoms with Crippen LogP contribution in [0.3, 0.4) is 0 Å². The predicted octanol–water partition coefficient (Wildman–Crippen LogP) is 0.991. The number of benzene rings is 1. The molecule has 1 amide bonds. The monoisotopic (exact) mass is 283 g/mol. The second-order valence-corrected chi connectivity index (χ2v) is 5.18. The molecule has 0 saturated carbocycles. The Labute approximate surface area is 117 Å². The maximum atomic E-state index is 11.5. The van der Waals surface area contributed by atoms with Gasteiger partial charge in [-0.05, 0) is 25.1 Å². The number of carbonyl (C=O) groups excluding carboxylic acids is 1. The SMILES string of the molecule is CC(N)C1CN(c2ccc(Cl)cc2C(N)=O)CCO1. The Morgan fingerprint density at radius 3 is 2.95 bits per heavy atom. The third kappa shape index (κ3) is 3.18. The minimum absolute atomic E-state index is 0.0508. The Kier molecular flexibility index (Phi) is 4.29. The van der Waals surface area contributed by atoms with Gasteiger partial charge in [-0.3, -0.25) is 4.79 Å². The molecule has 0 bridgehead atoms. The minimum Gasteiger partial charge on any atom is -0.373 e. The Hall–Kier alpha value is -1.30. The average Bonchev–Trinajstić information content (AvgIpc) is 2.38. The summed E-state index contributed by atoms with van der Waals surface area (Å²) in [6, 6.07) is 5.09. The van der Waals surface area contributed by atoms with Crippen LogP contribution in [-0.2, 0) is 4.74 Å². The average molecular weight is 284 g/mol. The highest BCUT2D eigenvalue weighted by Gasteiger charge is 2.25. The van der Waals surface area contributed by atoms with Crippen LogP contribution in [0.25, 0.3) is 0 Å². The van der Waals surface area contributed by atoms with E-state index in [2.05, 4.69) is 4.90 Å². The Morgan fingerprint density at radius 1 is 1.58 bits per heavy atom. The normalized spacial score (nSPS) is 21.2. The molecule has 1 fully saturated rings. The van der Waals surface area contributed by atoms with Gasteiger partial charge in [-0.25, -0.2) is 0 Å². The van der Waals surface area contributed by atoms with Crippen molar-refractivity contribution in [1.82, 2.24) is 0 Å². The van der Waals surface area contributed by atoms with E-state index in [9.17, 15) is 4.79 Å². The van der Waals surface area contributed by atoms with Crippen LogP contribution in [0.1, 0.15) is 17.3 Å². The number of morpholine rings is 1. The number of halogens is 1. The van der Waals surface area contributed by atoms with E-state index in [1.165, 1.54) is 0 Å². The van der Waals surface area contributed by atoms with E-state index in [1.54, 1.807) is 12.1 Å². The molecule has 19 heavy (non-hydrogen) atoms. The first-order valence-corrected chi connectivity index (χ1v) is 6.58. The lowest BCUT2D eigenvalue weighted by atomic mass is 10.1. The Balaban J connectivity index is 2.28. The van der Waals surface area contributed by atoms with Crippen molar-refractivity contribution in [3.63, 3.8) is 0 Å². The van der Waals surface area contributed by atoms with Crippen LogP contribution in [0, 0.1) is 0 Å². The van der Waals surface area contributed by atoms with Crippen molar-refractivity contribution < 1.29 is 9.53 Å². The minimum atomic E-state index is -0.485. The number of nitrogens with zero attached hydrogens (tertiary/aromatic N) is 1. The topological polar surface area (TPSA) is 81.6 Å². The molecule has 0 aromatic heterocycles. The van der Waals surface area contributed by atoms with Gasteiger partial charge in [0, 0.05) is 29.8 Å². The molecule has 1 saturated heterocycles. The van der Waals surface area contributed by atoms with Crippen molar-refractivity contribution in [3.8, 4) is 0 Å². The van der Waals surface area contributed by atoms with Crippen LogP contribution in [0.2, 0.25) is 5.02 Å². The van der Waals surface area contributed by atoms with Gasteiger partial charge in [0.25, 0.3) is 5.91 Å². The summed E-state index contributed by atoms with van der Waals surface area (Å²) in [6.45, 7) is 3.82. The van der Waals surface area contributed by atoms with Gasteiger partial charge in [0.15, 0.2) is 0 Å². The second-order valence-electron chi connectivity index (χ2n) is 4.74. The third-order valence-electron chi connectivity index (χ3n) is 3.24. The molecular formula is C13H18ClN3O2. The molecule has 0 radical (unpaired) electrons. The molecule has 5 nitrogen and oxygen atoms in total. The lowest BCUT2D eigenvalue weighted by Crippen LogP contribution is -2.50. The summed E-state index contributed by atoms with van der Waals surface area (Å²) >= 11 is 5.91. The quantitative estimate of drug-likeness (QED) is 0.867. The van der Waals surface area contributed by atoms with Gasteiger partial charge in [-0.1, -0.05) is 11.6 Å². The smallest absolute Gasteiger partial charge is 0.250 e. The number of amides is 1. The summed E-state index contributed by atoms with van der Waals surface area (Å²) in [6.07, 6.45) is -0.0508. The van der Waals surface area contributed by atoms with Gasteiger partial charge in [-0.15, -0.1) is 0 Å². The van der Waals surface area contributed by atoms with Crippen molar-refractivity contribution in [2.24, 2.45) is 11.5 Å². The molecule has 0 aliphatic carbocycles. The van der Waals surface area contributed by atoms with Gasteiger partial charge in [-0.2, -0.15) is 0 Å². The summed E-state index contributed by atoms with van der Waals surface area (Å²) in [5, 5.41) is 0.495. The molecule has 0 spiro atoms. The Morgan fingerprint density at radius 2 is 2.32 bits per heavy atom. The first-order valence-electron chi connectivity index (χ1n) is 6.20. The third-order valence-corrected chi connectivity index (χ3v) is 3.48. The molecule has 104 valence electrons. The maximum Gasteiger partial charge on any atom is 0.250 e. The zero-order valence-electron chi connectivity index (χ0n) is 10.8. The van der Waals surface area contributed by atoms with Crippen LogP contribution < -0.4 is 16.4 Å². The molecule has 2 unspecified atom stereocenters. The number of nitrogens with two attached hydrogens (primary N) is 2. The van der Waals surface area contributed by atoms with E-state index in [0.717, 1.165) is 5.69 Å². The van der Waals surface area contributed by atoms with Crippen LogP contribution in [0.5, 0.6) is 0 Å². The Bertz CT molecular complexity index is 479. The maximum absolute atomic E-state index is 11.5. The zero-order chi connectivity index (χ0) is 14.0. The lowest BCUT2D eigenvalue weighted by molar-refractivity contribution is 0.0275. The highest BCUT2D eigenvalue weighted by molar-refractivity contribution is 6.31. The highest BCUT2D eigenvalue weighted by Crippen LogP contribution is 2.26. The predicted molar refractivity (Wildman–Crippen MR) is 75.6 cm³/mol. The van der Waals surface area contributed by atoms with Crippen LogP contribution >= 0.6 is 11.6 Å². The van der Waals surface area contributed by atoms with E-state index >= 15 is 0 Å². The molecule has 1 heterocycles. The molecule has 6 heteroatoms. The van der Waals surface area contributed by atoms with E-state index in [0.29, 0.717) is 30.3 Å². The van der Waals surface area contributed by atoms with Crippen LogP contribution in [-0.4, -0.2) is 37.7 Å². The molecule has 1 aliphatic heterocycles. The van der Waals surface area contributed by atoms with Crippen LogP contribution in [0.15, 0.2) is 18.2 Å². The summed E-state index contributed by atoms with van der Waals surface area (Å²) in [5.74, 6) is -0.485. The lowest BCUT2D eigenvalue weighted by Gasteiger charge is -2.36. The van der Waals surface area contributed by atoms with Crippen molar-refractivity contribution >= 4 is 23.2 Å². The molecule has 2 atom stereocenters. The molecule has 2 rings (SSSR count). The van der Waals surface area contributed by atoms with Gasteiger partial charge in [0.2, 0.25) is 0 Å². The standard InChI is InChI=1S/C13H18ClN3O2/c1-8(15)12-7-17(4-5-19-12)11-3-2-9(14)6-10(11)13(16)18/h2-3,6,8,12H,4-5,7,15H2,1H3,(H2,16,18). The number of ether oxygens (including phenoxy) is 1. The van der Waals surface area contributed by atoms with Crippen molar-refractivity contribution in [3.05, 3.63) is 28.8 Å². The van der Waals surface area contributed by atoms with E-state index in [-0.39, 0.29) is 12.1 Å².